The normalized spacial score (nSPS) is 30.5. The van der Waals surface area contributed by atoms with E-state index >= 15 is 0 Å². The second-order valence-corrected chi connectivity index (χ2v) is 4.43. The van der Waals surface area contributed by atoms with Crippen LogP contribution in [0.4, 0.5) is 0 Å². The third-order valence-corrected chi connectivity index (χ3v) is 3.25. The third kappa shape index (κ3) is 1.68. The Balaban J connectivity index is 1.85. The van der Waals surface area contributed by atoms with Gasteiger partial charge in [0.15, 0.2) is 0 Å². The standard InChI is InChI=1S/C11H16N2O2/c14-8-3-4-11-12-9(7-13(11)6-8)10-2-1-5-15-10/h7-8,10,14H,1-6H2. The molecule has 0 bridgehead atoms. The van der Waals surface area contributed by atoms with Gasteiger partial charge in [-0.3, -0.25) is 0 Å². The summed E-state index contributed by atoms with van der Waals surface area (Å²) in [5, 5.41) is 9.55. The number of fused-ring (bicyclic) bond motifs is 1. The molecule has 2 aliphatic heterocycles. The smallest absolute Gasteiger partial charge is 0.109 e. The predicted octanol–water partition coefficient (Wildman–Crippen LogP) is 1.04. The molecule has 1 aromatic rings. The number of aliphatic hydroxyl groups is 1. The predicted molar refractivity (Wildman–Crippen MR) is 54.5 cm³/mol. The molecule has 3 rings (SSSR count). The van der Waals surface area contributed by atoms with Crippen LogP contribution in [-0.2, 0) is 17.7 Å². The Hall–Kier alpha value is -0.870. The molecule has 15 heavy (non-hydrogen) atoms. The molecule has 82 valence electrons. The average molecular weight is 208 g/mol. The van der Waals surface area contributed by atoms with Crippen LogP contribution in [0.25, 0.3) is 0 Å². The van der Waals surface area contributed by atoms with Crippen molar-refractivity contribution in [1.29, 1.82) is 0 Å². The first-order valence-corrected chi connectivity index (χ1v) is 5.68. The lowest BCUT2D eigenvalue weighted by Crippen LogP contribution is -2.23. The van der Waals surface area contributed by atoms with Crippen LogP contribution in [0.1, 0.15) is 36.9 Å². The number of ether oxygens (including phenoxy) is 1. The third-order valence-electron chi connectivity index (χ3n) is 3.25. The Kier molecular flexibility index (Phi) is 2.25. The minimum Gasteiger partial charge on any atom is -0.391 e. The quantitative estimate of drug-likeness (QED) is 0.750. The van der Waals surface area contributed by atoms with E-state index in [1.54, 1.807) is 0 Å². The highest BCUT2D eigenvalue weighted by Crippen LogP contribution is 2.28. The van der Waals surface area contributed by atoms with Crippen molar-refractivity contribution in [3.05, 3.63) is 17.7 Å². The molecule has 0 amide bonds. The maximum absolute atomic E-state index is 9.55. The summed E-state index contributed by atoms with van der Waals surface area (Å²) in [6, 6.07) is 0. The number of hydrogen-bond acceptors (Lipinski definition) is 3. The van der Waals surface area contributed by atoms with Gasteiger partial charge in [-0.15, -0.1) is 0 Å². The van der Waals surface area contributed by atoms with Crippen LogP contribution >= 0.6 is 0 Å². The summed E-state index contributed by atoms with van der Waals surface area (Å²) in [5.74, 6) is 1.10. The Bertz CT molecular complexity index is 355. The van der Waals surface area contributed by atoms with E-state index in [9.17, 15) is 5.11 Å². The Morgan fingerprint density at radius 1 is 1.47 bits per heavy atom. The lowest BCUT2D eigenvalue weighted by molar-refractivity contribution is 0.109. The van der Waals surface area contributed by atoms with E-state index in [1.807, 2.05) is 6.20 Å². The van der Waals surface area contributed by atoms with Gasteiger partial charge in [0.1, 0.15) is 11.9 Å². The fraction of sp³-hybridized carbons (Fsp3) is 0.727. The van der Waals surface area contributed by atoms with Gasteiger partial charge in [0.05, 0.1) is 11.8 Å². The number of rotatable bonds is 1. The van der Waals surface area contributed by atoms with E-state index in [1.165, 1.54) is 0 Å². The molecule has 0 aromatic carbocycles. The van der Waals surface area contributed by atoms with Crippen LogP contribution in [0.15, 0.2) is 6.20 Å². The van der Waals surface area contributed by atoms with E-state index in [-0.39, 0.29) is 12.2 Å². The molecule has 0 aliphatic carbocycles. The van der Waals surface area contributed by atoms with E-state index in [0.717, 1.165) is 43.8 Å². The zero-order chi connectivity index (χ0) is 10.3. The van der Waals surface area contributed by atoms with E-state index in [4.69, 9.17) is 4.74 Å². The molecule has 0 saturated carbocycles. The maximum atomic E-state index is 9.55. The molecule has 1 aromatic heterocycles. The van der Waals surface area contributed by atoms with E-state index < -0.39 is 0 Å². The highest BCUT2D eigenvalue weighted by molar-refractivity contribution is 5.10. The van der Waals surface area contributed by atoms with Crippen molar-refractivity contribution in [2.75, 3.05) is 6.61 Å². The SMILES string of the molecule is OC1CCc2nc(C3CCCO3)cn2C1. The number of aryl methyl sites for hydroxylation is 1. The molecule has 3 heterocycles. The Morgan fingerprint density at radius 2 is 2.40 bits per heavy atom. The van der Waals surface area contributed by atoms with Crippen LogP contribution in [0, 0.1) is 0 Å². The number of hydrogen-bond donors (Lipinski definition) is 1. The molecule has 0 spiro atoms. The van der Waals surface area contributed by atoms with Crippen molar-refractivity contribution in [3.63, 3.8) is 0 Å². The number of nitrogens with zero attached hydrogens (tertiary/aromatic N) is 2. The molecule has 2 aliphatic rings. The van der Waals surface area contributed by atoms with Gasteiger partial charge in [0, 0.05) is 25.8 Å². The topological polar surface area (TPSA) is 47.3 Å². The van der Waals surface area contributed by atoms with Gasteiger partial charge in [0.25, 0.3) is 0 Å². The second kappa shape index (κ2) is 3.61. The zero-order valence-electron chi connectivity index (χ0n) is 8.72. The van der Waals surface area contributed by atoms with Gasteiger partial charge in [-0.1, -0.05) is 0 Å². The number of aliphatic hydroxyl groups excluding tert-OH is 1. The van der Waals surface area contributed by atoms with Crippen LogP contribution < -0.4 is 0 Å². The van der Waals surface area contributed by atoms with Crippen LogP contribution in [0.5, 0.6) is 0 Å². The summed E-state index contributed by atoms with van der Waals surface area (Å²) in [6.07, 6.45) is 5.97. The molecule has 0 radical (unpaired) electrons. The molecule has 4 heteroatoms. The molecule has 2 unspecified atom stereocenters. The Labute approximate surface area is 88.9 Å². The summed E-state index contributed by atoms with van der Waals surface area (Å²) < 4.78 is 7.68. The first kappa shape index (κ1) is 9.36. The lowest BCUT2D eigenvalue weighted by Gasteiger charge is -2.18. The van der Waals surface area contributed by atoms with E-state index in [2.05, 4.69) is 9.55 Å². The largest absolute Gasteiger partial charge is 0.391 e. The fourth-order valence-electron chi connectivity index (χ4n) is 2.41. The molecule has 4 nitrogen and oxygen atoms in total. The van der Waals surface area contributed by atoms with Crippen molar-refractivity contribution in [3.8, 4) is 0 Å². The van der Waals surface area contributed by atoms with Crippen molar-refractivity contribution in [2.45, 2.75) is 44.4 Å². The fourth-order valence-corrected chi connectivity index (χ4v) is 2.41. The summed E-state index contributed by atoms with van der Waals surface area (Å²) in [7, 11) is 0. The van der Waals surface area contributed by atoms with Gasteiger partial charge < -0.3 is 14.4 Å². The highest BCUT2D eigenvalue weighted by Gasteiger charge is 2.24. The average Bonchev–Trinajstić information content (AvgIpc) is 2.84. The minimum atomic E-state index is -0.205. The number of imidazole rings is 1. The van der Waals surface area contributed by atoms with Crippen LogP contribution in [0.3, 0.4) is 0 Å². The lowest BCUT2D eigenvalue weighted by atomic mass is 10.1. The van der Waals surface area contributed by atoms with Gasteiger partial charge >= 0.3 is 0 Å². The van der Waals surface area contributed by atoms with Crippen molar-refractivity contribution < 1.29 is 9.84 Å². The molecule has 1 N–H and O–H groups in total. The van der Waals surface area contributed by atoms with Crippen LogP contribution in [-0.4, -0.2) is 27.4 Å². The molecule has 1 fully saturated rings. The minimum absolute atomic E-state index is 0.195. The summed E-state index contributed by atoms with van der Waals surface area (Å²) >= 11 is 0. The van der Waals surface area contributed by atoms with Gasteiger partial charge in [-0.05, 0) is 19.3 Å². The van der Waals surface area contributed by atoms with Gasteiger partial charge in [0.2, 0.25) is 0 Å². The van der Waals surface area contributed by atoms with Crippen molar-refractivity contribution >= 4 is 0 Å². The molecular formula is C11H16N2O2. The zero-order valence-corrected chi connectivity index (χ0v) is 8.72. The first-order chi connectivity index (χ1) is 7.33. The summed E-state index contributed by atoms with van der Waals surface area (Å²) in [6.45, 7) is 1.55. The molecule has 1 saturated heterocycles. The van der Waals surface area contributed by atoms with Crippen LogP contribution in [0.2, 0.25) is 0 Å². The second-order valence-electron chi connectivity index (χ2n) is 4.43. The van der Waals surface area contributed by atoms with Crippen molar-refractivity contribution in [2.24, 2.45) is 0 Å². The van der Waals surface area contributed by atoms with Gasteiger partial charge in [-0.2, -0.15) is 0 Å². The van der Waals surface area contributed by atoms with E-state index in [0.29, 0.717) is 6.54 Å². The molecule has 2 atom stereocenters. The monoisotopic (exact) mass is 208 g/mol. The summed E-state index contributed by atoms with van der Waals surface area (Å²) in [5.41, 5.74) is 1.05. The summed E-state index contributed by atoms with van der Waals surface area (Å²) in [4.78, 5) is 4.59. The molecular weight excluding hydrogens is 192 g/mol. The number of aromatic nitrogens is 2. The van der Waals surface area contributed by atoms with Crippen molar-refractivity contribution in [1.82, 2.24) is 9.55 Å². The first-order valence-electron chi connectivity index (χ1n) is 5.68. The maximum Gasteiger partial charge on any atom is 0.109 e. The highest BCUT2D eigenvalue weighted by atomic mass is 16.5. The van der Waals surface area contributed by atoms with Gasteiger partial charge in [-0.25, -0.2) is 4.98 Å². The Morgan fingerprint density at radius 3 is 3.20 bits per heavy atom.